The van der Waals surface area contributed by atoms with Crippen LogP contribution in [0.5, 0.6) is 5.75 Å². The van der Waals surface area contributed by atoms with Crippen LogP contribution in [-0.2, 0) is 6.61 Å². The fraction of sp³-hybridized carbons (Fsp3) is 0.0952. The highest BCUT2D eigenvalue weighted by atomic mass is 35.5. The lowest BCUT2D eigenvalue weighted by atomic mass is 10.2. The Morgan fingerprint density at radius 1 is 0.920 bits per heavy atom. The van der Waals surface area contributed by atoms with E-state index in [0.29, 0.717) is 16.7 Å². The third kappa shape index (κ3) is 4.62. The molecule has 0 aromatic heterocycles. The van der Waals surface area contributed by atoms with Crippen LogP contribution in [0.1, 0.15) is 16.7 Å². The summed E-state index contributed by atoms with van der Waals surface area (Å²) in [5.41, 5.74) is 3.78. The van der Waals surface area contributed by atoms with Gasteiger partial charge in [-0.1, -0.05) is 53.5 Å². The quantitative estimate of drug-likeness (QED) is 0.462. The van der Waals surface area contributed by atoms with Gasteiger partial charge in [0.05, 0.1) is 5.69 Å². The van der Waals surface area contributed by atoms with Gasteiger partial charge in [-0.05, 0) is 54.4 Å². The van der Waals surface area contributed by atoms with Gasteiger partial charge in [0, 0.05) is 21.8 Å². The molecule has 0 heterocycles. The highest BCUT2D eigenvalue weighted by Gasteiger charge is 2.03. The van der Waals surface area contributed by atoms with Gasteiger partial charge in [0.25, 0.3) is 0 Å². The van der Waals surface area contributed by atoms with Gasteiger partial charge in [-0.2, -0.15) is 0 Å². The van der Waals surface area contributed by atoms with E-state index in [1.807, 2.05) is 73.7 Å². The van der Waals surface area contributed by atoms with Gasteiger partial charge in [0.2, 0.25) is 0 Å². The van der Waals surface area contributed by atoms with Crippen LogP contribution >= 0.6 is 23.2 Å². The number of halogens is 2. The lowest BCUT2D eigenvalue weighted by Gasteiger charge is -2.09. The minimum Gasteiger partial charge on any atom is -0.488 e. The summed E-state index contributed by atoms with van der Waals surface area (Å²) in [5, 5.41) is 1.43. The van der Waals surface area contributed by atoms with E-state index in [0.717, 1.165) is 28.1 Å². The third-order valence-corrected chi connectivity index (χ3v) is 4.47. The Labute approximate surface area is 157 Å². The lowest BCUT2D eigenvalue weighted by Crippen LogP contribution is -1.98. The van der Waals surface area contributed by atoms with Crippen molar-refractivity contribution < 1.29 is 4.74 Å². The SMILES string of the molecule is Cc1c(Cl)cccc1N=Cc1ccccc1OCc1ccc(Cl)cc1. The number of hydrogen-bond donors (Lipinski definition) is 0. The van der Waals surface area contributed by atoms with Crippen molar-refractivity contribution in [3.8, 4) is 5.75 Å². The molecule has 0 saturated heterocycles. The van der Waals surface area contributed by atoms with Crippen molar-refractivity contribution in [1.29, 1.82) is 0 Å². The maximum atomic E-state index is 6.15. The molecule has 3 aromatic carbocycles. The minimum absolute atomic E-state index is 0.470. The number of para-hydroxylation sites is 1. The van der Waals surface area contributed by atoms with Crippen molar-refractivity contribution in [3.05, 3.63) is 93.5 Å². The molecule has 0 aliphatic heterocycles. The average Bonchev–Trinajstić information content (AvgIpc) is 2.63. The minimum atomic E-state index is 0.470. The molecule has 0 fully saturated rings. The summed E-state index contributed by atoms with van der Waals surface area (Å²) in [7, 11) is 0. The number of rotatable bonds is 5. The normalized spacial score (nSPS) is 11.0. The highest BCUT2D eigenvalue weighted by Crippen LogP contribution is 2.26. The molecule has 0 bridgehead atoms. The van der Waals surface area contributed by atoms with Gasteiger partial charge in [-0.3, -0.25) is 4.99 Å². The maximum Gasteiger partial charge on any atom is 0.128 e. The van der Waals surface area contributed by atoms with E-state index in [4.69, 9.17) is 27.9 Å². The molecular formula is C21H17Cl2NO. The second-order valence-electron chi connectivity index (χ2n) is 5.60. The van der Waals surface area contributed by atoms with E-state index in [9.17, 15) is 0 Å². The van der Waals surface area contributed by atoms with E-state index in [1.54, 1.807) is 6.21 Å². The molecule has 4 heteroatoms. The van der Waals surface area contributed by atoms with E-state index >= 15 is 0 Å². The van der Waals surface area contributed by atoms with Crippen LogP contribution in [0.15, 0.2) is 71.7 Å². The van der Waals surface area contributed by atoms with Crippen molar-refractivity contribution in [1.82, 2.24) is 0 Å². The summed E-state index contributed by atoms with van der Waals surface area (Å²) in [6, 6.07) is 21.1. The Bertz CT molecular complexity index is 889. The molecule has 2 nitrogen and oxygen atoms in total. The molecule has 25 heavy (non-hydrogen) atoms. The summed E-state index contributed by atoms with van der Waals surface area (Å²) >= 11 is 12.1. The van der Waals surface area contributed by atoms with Gasteiger partial charge >= 0.3 is 0 Å². The molecule has 0 N–H and O–H groups in total. The Kier molecular flexibility index (Phi) is 5.75. The lowest BCUT2D eigenvalue weighted by molar-refractivity contribution is 0.306. The van der Waals surface area contributed by atoms with Crippen molar-refractivity contribution in [2.45, 2.75) is 13.5 Å². The second kappa shape index (κ2) is 8.19. The number of nitrogens with zero attached hydrogens (tertiary/aromatic N) is 1. The number of ether oxygens (including phenoxy) is 1. The first kappa shape index (κ1) is 17.5. The monoisotopic (exact) mass is 369 g/mol. The van der Waals surface area contributed by atoms with Crippen molar-refractivity contribution in [2.24, 2.45) is 4.99 Å². The molecule has 0 radical (unpaired) electrons. The molecule has 0 aliphatic rings. The average molecular weight is 370 g/mol. The summed E-state index contributed by atoms with van der Waals surface area (Å²) in [4.78, 5) is 4.56. The van der Waals surface area contributed by atoms with Gasteiger partial charge in [0.1, 0.15) is 12.4 Å². The van der Waals surface area contributed by atoms with Crippen LogP contribution in [0.25, 0.3) is 0 Å². The third-order valence-electron chi connectivity index (χ3n) is 3.81. The molecule has 3 aromatic rings. The summed E-state index contributed by atoms with van der Waals surface area (Å²) in [6.45, 7) is 2.43. The Morgan fingerprint density at radius 3 is 2.48 bits per heavy atom. The van der Waals surface area contributed by atoms with Crippen molar-refractivity contribution >= 4 is 35.1 Å². The zero-order valence-electron chi connectivity index (χ0n) is 13.7. The van der Waals surface area contributed by atoms with Crippen LogP contribution in [0.4, 0.5) is 5.69 Å². The largest absolute Gasteiger partial charge is 0.488 e. The molecule has 0 unspecified atom stereocenters. The molecule has 0 amide bonds. The smallest absolute Gasteiger partial charge is 0.128 e. The molecule has 0 spiro atoms. The van der Waals surface area contributed by atoms with Crippen LogP contribution in [0, 0.1) is 6.92 Å². The van der Waals surface area contributed by atoms with Crippen molar-refractivity contribution in [3.63, 3.8) is 0 Å². The van der Waals surface area contributed by atoms with Gasteiger partial charge in [-0.25, -0.2) is 0 Å². The number of benzene rings is 3. The number of hydrogen-bond acceptors (Lipinski definition) is 2. The van der Waals surface area contributed by atoms with E-state index in [1.165, 1.54) is 0 Å². The first-order valence-electron chi connectivity index (χ1n) is 7.89. The predicted molar refractivity (Wildman–Crippen MR) is 106 cm³/mol. The topological polar surface area (TPSA) is 21.6 Å². The zero-order valence-corrected chi connectivity index (χ0v) is 15.3. The van der Waals surface area contributed by atoms with E-state index in [2.05, 4.69) is 4.99 Å². The highest BCUT2D eigenvalue weighted by molar-refractivity contribution is 6.31. The molecular weight excluding hydrogens is 353 g/mol. The molecule has 3 rings (SSSR count). The first-order chi connectivity index (χ1) is 12.1. The summed E-state index contributed by atoms with van der Waals surface area (Å²) < 4.78 is 5.95. The van der Waals surface area contributed by atoms with Gasteiger partial charge in [0.15, 0.2) is 0 Å². The van der Waals surface area contributed by atoms with Crippen LogP contribution < -0.4 is 4.74 Å². The fourth-order valence-corrected chi connectivity index (χ4v) is 2.63. The standard InChI is InChI=1S/C21H17Cl2NO/c1-15-19(23)6-4-7-20(15)24-13-17-5-2-3-8-21(17)25-14-16-9-11-18(22)12-10-16/h2-13H,14H2,1H3. The Morgan fingerprint density at radius 2 is 1.68 bits per heavy atom. The first-order valence-corrected chi connectivity index (χ1v) is 8.64. The van der Waals surface area contributed by atoms with E-state index in [-0.39, 0.29) is 0 Å². The molecule has 0 saturated carbocycles. The Balaban J connectivity index is 1.77. The second-order valence-corrected chi connectivity index (χ2v) is 6.44. The van der Waals surface area contributed by atoms with Crippen LogP contribution in [-0.4, -0.2) is 6.21 Å². The van der Waals surface area contributed by atoms with Crippen LogP contribution in [0.3, 0.4) is 0 Å². The number of aliphatic imine (C=N–C) groups is 1. The maximum absolute atomic E-state index is 6.15. The van der Waals surface area contributed by atoms with Gasteiger partial charge in [-0.15, -0.1) is 0 Å². The van der Waals surface area contributed by atoms with Gasteiger partial charge < -0.3 is 4.74 Å². The molecule has 0 aliphatic carbocycles. The predicted octanol–water partition coefficient (Wildman–Crippen LogP) is 6.63. The molecule has 126 valence electrons. The van der Waals surface area contributed by atoms with Crippen LogP contribution in [0.2, 0.25) is 10.0 Å². The molecule has 0 atom stereocenters. The summed E-state index contributed by atoms with van der Waals surface area (Å²) in [5.74, 6) is 0.779. The zero-order chi connectivity index (χ0) is 17.6. The summed E-state index contributed by atoms with van der Waals surface area (Å²) in [6.07, 6.45) is 1.80. The Hall–Kier alpha value is -2.29. The van der Waals surface area contributed by atoms with E-state index < -0.39 is 0 Å². The fourth-order valence-electron chi connectivity index (χ4n) is 2.34. The van der Waals surface area contributed by atoms with Crippen molar-refractivity contribution in [2.75, 3.05) is 0 Å².